The zero-order valence-electron chi connectivity index (χ0n) is 12.4. The van der Waals surface area contributed by atoms with Crippen molar-refractivity contribution >= 4 is 28.1 Å². The largest absolute Gasteiger partial charge is 0.368 e. The molecule has 0 fully saturated rings. The number of benzene rings is 1. The first-order chi connectivity index (χ1) is 11.2. The van der Waals surface area contributed by atoms with Crippen LogP contribution in [0.5, 0.6) is 0 Å². The second kappa shape index (κ2) is 6.82. The lowest BCUT2D eigenvalue weighted by Crippen LogP contribution is -2.06. The van der Waals surface area contributed by atoms with E-state index < -0.39 is 0 Å². The number of hydrogen-bond donors (Lipinski definition) is 1. The third-order valence-corrected chi connectivity index (χ3v) is 4.60. The minimum absolute atomic E-state index is 0.00291. The van der Waals surface area contributed by atoms with Gasteiger partial charge < -0.3 is 5.32 Å². The van der Waals surface area contributed by atoms with Gasteiger partial charge in [0.1, 0.15) is 16.6 Å². The molecule has 0 aliphatic heterocycles. The fourth-order valence-corrected chi connectivity index (χ4v) is 3.23. The Balaban J connectivity index is 1.71. The van der Waals surface area contributed by atoms with Gasteiger partial charge in [-0.1, -0.05) is 41.9 Å². The Kier molecular flexibility index (Phi) is 4.60. The van der Waals surface area contributed by atoms with E-state index in [4.69, 9.17) is 16.9 Å². The van der Waals surface area contributed by atoms with Crippen LogP contribution < -0.4 is 5.32 Å². The number of hydrogen-bond acceptors (Lipinski definition) is 5. The Hall–Kier alpha value is -2.36. The number of nitriles is 1. The lowest BCUT2D eigenvalue weighted by atomic mass is 10.2. The summed E-state index contributed by atoms with van der Waals surface area (Å²) in [6.07, 6.45) is 3.83. The summed E-state index contributed by atoms with van der Waals surface area (Å²) in [4.78, 5) is 0. The van der Waals surface area contributed by atoms with E-state index >= 15 is 0 Å². The van der Waals surface area contributed by atoms with Crippen molar-refractivity contribution in [2.24, 2.45) is 0 Å². The maximum absolute atomic E-state index is 9.12. The molecule has 7 heteroatoms. The van der Waals surface area contributed by atoms with Crippen molar-refractivity contribution in [1.29, 1.82) is 5.26 Å². The van der Waals surface area contributed by atoms with Crippen molar-refractivity contribution in [3.05, 3.63) is 64.6 Å². The summed E-state index contributed by atoms with van der Waals surface area (Å²) in [6, 6.07) is 12.2. The van der Waals surface area contributed by atoms with Crippen molar-refractivity contribution in [2.45, 2.75) is 19.5 Å². The van der Waals surface area contributed by atoms with Crippen LogP contribution in [0, 0.1) is 11.3 Å². The summed E-state index contributed by atoms with van der Waals surface area (Å²) in [6.45, 7) is 2.74. The number of anilines is 1. The van der Waals surface area contributed by atoms with Crippen LogP contribution in [0.25, 0.3) is 0 Å². The summed E-state index contributed by atoms with van der Waals surface area (Å²) in [5.74, 6) is 0. The normalized spacial score (nSPS) is 11.9. The van der Waals surface area contributed by atoms with Crippen LogP contribution in [-0.2, 0) is 6.54 Å². The maximum atomic E-state index is 9.12. The fourth-order valence-electron chi connectivity index (χ4n) is 2.21. The molecule has 1 N–H and O–H groups in total. The molecule has 0 saturated carbocycles. The molecule has 0 aliphatic rings. The van der Waals surface area contributed by atoms with Gasteiger partial charge in [0.25, 0.3) is 0 Å². The zero-order valence-corrected chi connectivity index (χ0v) is 14.0. The molecule has 0 spiro atoms. The van der Waals surface area contributed by atoms with Gasteiger partial charge in [0.05, 0.1) is 18.8 Å². The summed E-state index contributed by atoms with van der Waals surface area (Å²) in [5, 5.41) is 17.7. The third-order valence-electron chi connectivity index (χ3n) is 3.45. The average Bonchev–Trinajstić information content (AvgIpc) is 3.15. The van der Waals surface area contributed by atoms with Gasteiger partial charge in [0, 0.05) is 11.8 Å². The predicted octanol–water partition coefficient (Wildman–Crippen LogP) is 4.09. The molecule has 3 aromatic rings. The highest BCUT2D eigenvalue weighted by Gasteiger charge is 2.15. The molecule has 0 amide bonds. The number of aromatic nitrogens is 3. The van der Waals surface area contributed by atoms with Gasteiger partial charge in [0.15, 0.2) is 5.15 Å². The number of halogens is 1. The molecule has 23 heavy (non-hydrogen) atoms. The Bertz CT molecular complexity index is 834. The van der Waals surface area contributed by atoms with Gasteiger partial charge in [-0.15, -0.1) is 0 Å². The first-order valence-electron chi connectivity index (χ1n) is 7.05. The molecule has 116 valence electrons. The Morgan fingerprint density at radius 3 is 2.91 bits per heavy atom. The van der Waals surface area contributed by atoms with Crippen LogP contribution in [0.1, 0.15) is 29.7 Å². The molecular formula is C16H14ClN5S. The van der Waals surface area contributed by atoms with Gasteiger partial charge in [0.2, 0.25) is 0 Å². The van der Waals surface area contributed by atoms with Gasteiger partial charge in [-0.3, -0.25) is 4.68 Å². The predicted molar refractivity (Wildman–Crippen MR) is 91.6 cm³/mol. The molecule has 1 unspecified atom stereocenters. The van der Waals surface area contributed by atoms with Crippen LogP contribution in [-0.4, -0.2) is 14.2 Å². The van der Waals surface area contributed by atoms with E-state index in [2.05, 4.69) is 33.0 Å². The number of rotatable bonds is 5. The summed E-state index contributed by atoms with van der Waals surface area (Å²) >= 11 is 7.08. The zero-order chi connectivity index (χ0) is 16.2. The van der Waals surface area contributed by atoms with Crippen LogP contribution in [0.4, 0.5) is 5.00 Å². The Labute approximate surface area is 143 Å². The monoisotopic (exact) mass is 343 g/mol. The second-order valence-electron chi connectivity index (χ2n) is 5.11. The molecule has 0 radical (unpaired) electrons. The van der Waals surface area contributed by atoms with E-state index in [1.54, 1.807) is 0 Å². The molecule has 0 bridgehead atoms. The van der Waals surface area contributed by atoms with Crippen LogP contribution in [0.2, 0.25) is 5.15 Å². The summed E-state index contributed by atoms with van der Waals surface area (Å²) < 4.78 is 5.89. The highest BCUT2D eigenvalue weighted by Crippen LogP contribution is 2.30. The van der Waals surface area contributed by atoms with Crippen molar-refractivity contribution in [2.75, 3.05) is 5.32 Å². The second-order valence-corrected chi connectivity index (χ2v) is 6.24. The Morgan fingerprint density at radius 2 is 2.17 bits per heavy atom. The van der Waals surface area contributed by atoms with Crippen molar-refractivity contribution in [1.82, 2.24) is 14.2 Å². The van der Waals surface area contributed by atoms with Crippen LogP contribution in [0.3, 0.4) is 0 Å². The average molecular weight is 344 g/mol. The summed E-state index contributed by atoms with van der Waals surface area (Å²) in [7, 11) is 0. The number of nitrogens with zero attached hydrogens (tertiary/aromatic N) is 4. The topological polar surface area (TPSA) is 66.5 Å². The van der Waals surface area contributed by atoms with Gasteiger partial charge in [-0.2, -0.15) is 14.7 Å². The first-order valence-corrected chi connectivity index (χ1v) is 8.20. The van der Waals surface area contributed by atoms with Crippen molar-refractivity contribution in [3.8, 4) is 6.07 Å². The molecule has 3 rings (SSSR count). The molecule has 1 atom stereocenters. The maximum Gasteiger partial charge on any atom is 0.162 e. The van der Waals surface area contributed by atoms with E-state index in [1.807, 2.05) is 42.2 Å². The van der Waals surface area contributed by atoms with Gasteiger partial charge in [-0.05, 0) is 24.0 Å². The molecule has 2 aromatic heterocycles. The standard InChI is InChI=1S/C16H14ClN5S/c1-11(20-16-14(7-18)15(17)21-23-16)13-8-19-22(10-13)9-12-5-3-2-4-6-12/h2-6,8,10-11,20H,9H2,1H3. The molecule has 5 nitrogen and oxygen atoms in total. The quantitative estimate of drug-likeness (QED) is 0.757. The van der Waals surface area contributed by atoms with Crippen LogP contribution in [0.15, 0.2) is 42.7 Å². The van der Waals surface area contributed by atoms with Gasteiger partial charge >= 0.3 is 0 Å². The SMILES string of the molecule is CC(Nc1snc(Cl)c1C#N)c1cnn(Cc2ccccc2)c1. The molecule has 0 aliphatic carbocycles. The van der Waals surface area contributed by atoms with E-state index in [-0.39, 0.29) is 11.2 Å². The summed E-state index contributed by atoms with van der Waals surface area (Å²) in [5.41, 5.74) is 2.62. The van der Waals surface area contributed by atoms with Crippen molar-refractivity contribution < 1.29 is 0 Å². The number of nitrogens with one attached hydrogen (secondary N) is 1. The molecule has 0 saturated heterocycles. The van der Waals surface area contributed by atoms with Crippen LogP contribution >= 0.6 is 23.1 Å². The highest BCUT2D eigenvalue weighted by atomic mass is 35.5. The lowest BCUT2D eigenvalue weighted by molar-refractivity contribution is 0.685. The van der Waals surface area contributed by atoms with E-state index in [0.717, 1.165) is 12.1 Å². The van der Waals surface area contributed by atoms with E-state index in [0.29, 0.717) is 10.6 Å². The van der Waals surface area contributed by atoms with Gasteiger partial charge in [-0.25, -0.2) is 0 Å². The smallest absolute Gasteiger partial charge is 0.162 e. The molecule has 1 aromatic carbocycles. The fraction of sp³-hybridized carbons (Fsp3) is 0.188. The molecule has 2 heterocycles. The minimum atomic E-state index is 0.00291. The minimum Gasteiger partial charge on any atom is -0.368 e. The first kappa shape index (κ1) is 15.5. The third kappa shape index (κ3) is 3.52. The Morgan fingerprint density at radius 1 is 1.39 bits per heavy atom. The van der Waals surface area contributed by atoms with E-state index in [9.17, 15) is 0 Å². The highest BCUT2D eigenvalue weighted by molar-refractivity contribution is 7.10. The van der Waals surface area contributed by atoms with Crippen molar-refractivity contribution in [3.63, 3.8) is 0 Å². The molecular weight excluding hydrogens is 330 g/mol. The lowest BCUT2D eigenvalue weighted by Gasteiger charge is -2.11. The van der Waals surface area contributed by atoms with E-state index in [1.165, 1.54) is 17.1 Å².